The van der Waals surface area contributed by atoms with Crippen LogP contribution in [0.4, 0.5) is 5.69 Å². The lowest BCUT2D eigenvalue weighted by Crippen LogP contribution is -2.14. The topological polar surface area (TPSA) is 71.8 Å². The lowest BCUT2D eigenvalue weighted by molar-refractivity contribution is 0.956. The van der Waals surface area contributed by atoms with Crippen molar-refractivity contribution in [3.8, 4) is 0 Å². The molecule has 0 aromatic carbocycles. The second kappa shape index (κ2) is 2.96. The van der Waals surface area contributed by atoms with E-state index in [0.29, 0.717) is 16.4 Å². The number of hydrogen-bond acceptors (Lipinski definition) is 4. The zero-order valence-electron chi connectivity index (χ0n) is 6.34. The van der Waals surface area contributed by atoms with Crippen LogP contribution < -0.4 is 11.4 Å². The third kappa shape index (κ3) is 1.54. The third-order valence-corrected chi connectivity index (χ3v) is 2.02. The maximum atomic E-state index is 10.8. The van der Waals surface area contributed by atoms with Crippen molar-refractivity contribution in [1.29, 1.82) is 0 Å². The zero-order chi connectivity index (χ0) is 8.43. The summed E-state index contributed by atoms with van der Waals surface area (Å²) < 4.78 is 0. The molecule has 60 valence electrons. The molecule has 1 aromatic rings. The highest BCUT2D eigenvalue weighted by Gasteiger charge is 2.03. The van der Waals surface area contributed by atoms with Crippen LogP contribution in [0.15, 0.2) is 9.82 Å². The third-order valence-electron chi connectivity index (χ3n) is 1.33. The highest BCUT2D eigenvalue weighted by atomic mass is 32.2. The van der Waals surface area contributed by atoms with E-state index < -0.39 is 0 Å². The minimum Gasteiger partial charge on any atom is -0.395 e. The Bertz CT molecular complexity index is 320. The number of hydrogen-bond donors (Lipinski definition) is 2. The number of rotatable bonds is 1. The summed E-state index contributed by atoms with van der Waals surface area (Å²) in [5, 5.41) is 0.589. The first kappa shape index (κ1) is 8.13. The smallest absolute Gasteiger partial charge is 0.346 e. The maximum Gasteiger partial charge on any atom is 0.346 e. The molecule has 0 bridgehead atoms. The summed E-state index contributed by atoms with van der Waals surface area (Å²) >= 11 is 1.37. The molecule has 0 fully saturated rings. The number of anilines is 1. The number of aromatic nitrogens is 2. The Morgan fingerprint density at radius 3 is 2.82 bits per heavy atom. The summed E-state index contributed by atoms with van der Waals surface area (Å²) in [6.07, 6.45) is 1.83. The summed E-state index contributed by atoms with van der Waals surface area (Å²) in [5.74, 6) is 0. The molecule has 0 atom stereocenters. The zero-order valence-corrected chi connectivity index (χ0v) is 7.16. The van der Waals surface area contributed by atoms with Crippen LogP contribution in [0.3, 0.4) is 0 Å². The average Bonchev–Trinajstić information content (AvgIpc) is 1.96. The molecule has 0 unspecified atom stereocenters. The van der Waals surface area contributed by atoms with Crippen LogP contribution in [0.25, 0.3) is 0 Å². The molecule has 0 aliphatic rings. The molecule has 11 heavy (non-hydrogen) atoms. The van der Waals surface area contributed by atoms with Gasteiger partial charge in [-0.3, -0.25) is 0 Å². The van der Waals surface area contributed by atoms with Crippen molar-refractivity contribution in [1.82, 2.24) is 9.97 Å². The molecule has 1 aromatic heterocycles. The largest absolute Gasteiger partial charge is 0.395 e. The van der Waals surface area contributed by atoms with E-state index >= 15 is 0 Å². The maximum absolute atomic E-state index is 10.8. The second-order valence-electron chi connectivity index (χ2n) is 2.09. The van der Waals surface area contributed by atoms with Crippen LogP contribution in [0.5, 0.6) is 0 Å². The minimum atomic E-state index is -0.346. The van der Waals surface area contributed by atoms with Crippen molar-refractivity contribution in [3.63, 3.8) is 0 Å². The van der Waals surface area contributed by atoms with Crippen LogP contribution in [-0.4, -0.2) is 16.2 Å². The molecule has 0 aliphatic heterocycles. The van der Waals surface area contributed by atoms with E-state index in [9.17, 15) is 4.79 Å². The van der Waals surface area contributed by atoms with Gasteiger partial charge < -0.3 is 10.7 Å². The average molecular weight is 171 g/mol. The summed E-state index contributed by atoms with van der Waals surface area (Å²) in [6, 6.07) is 0. The normalized spacial score (nSPS) is 10.0. The van der Waals surface area contributed by atoms with Crippen molar-refractivity contribution < 1.29 is 0 Å². The van der Waals surface area contributed by atoms with Gasteiger partial charge in [-0.2, -0.15) is 4.98 Å². The predicted molar refractivity (Wildman–Crippen MR) is 45.8 cm³/mol. The number of thioether (sulfide) groups is 1. The molecule has 0 radical (unpaired) electrons. The molecule has 0 spiro atoms. The van der Waals surface area contributed by atoms with Gasteiger partial charge in [-0.1, -0.05) is 0 Å². The summed E-state index contributed by atoms with van der Waals surface area (Å²) in [6.45, 7) is 1.75. The van der Waals surface area contributed by atoms with E-state index in [4.69, 9.17) is 5.73 Å². The molecule has 1 heterocycles. The summed E-state index contributed by atoms with van der Waals surface area (Å²) in [7, 11) is 0. The Hall–Kier alpha value is -0.970. The van der Waals surface area contributed by atoms with Crippen molar-refractivity contribution in [2.45, 2.75) is 11.9 Å². The number of nitrogens with one attached hydrogen (secondary N) is 1. The van der Waals surface area contributed by atoms with Crippen molar-refractivity contribution in [2.24, 2.45) is 0 Å². The Morgan fingerprint density at radius 2 is 2.27 bits per heavy atom. The van der Waals surface area contributed by atoms with E-state index in [1.807, 2.05) is 6.26 Å². The van der Waals surface area contributed by atoms with Gasteiger partial charge >= 0.3 is 5.69 Å². The second-order valence-corrected chi connectivity index (χ2v) is 2.88. The number of H-pyrrole nitrogens is 1. The van der Waals surface area contributed by atoms with Crippen LogP contribution in [0, 0.1) is 6.92 Å². The first-order valence-corrected chi connectivity index (χ1v) is 4.28. The van der Waals surface area contributed by atoms with Crippen molar-refractivity contribution >= 4 is 17.4 Å². The van der Waals surface area contributed by atoms with Gasteiger partial charge in [0.15, 0.2) is 0 Å². The summed E-state index contributed by atoms with van der Waals surface area (Å²) in [5.41, 5.74) is 6.49. The number of nitrogens with two attached hydrogens (primary N) is 1. The predicted octanol–water partition coefficient (Wildman–Crippen LogP) is 0.382. The fraction of sp³-hybridized carbons (Fsp3) is 0.333. The number of nitrogens with zero attached hydrogens (tertiary/aromatic N) is 1. The van der Waals surface area contributed by atoms with Gasteiger partial charge in [0, 0.05) is 5.69 Å². The minimum absolute atomic E-state index is 0.346. The molecule has 3 N–H and O–H groups in total. The first-order valence-electron chi connectivity index (χ1n) is 3.05. The highest BCUT2D eigenvalue weighted by Crippen LogP contribution is 2.19. The van der Waals surface area contributed by atoms with Gasteiger partial charge in [-0.25, -0.2) is 4.79 Å². The van der Waals surface area contributed by atoms with Crippen LogP contribution >= 0.6 is 11.8 Å². The quantitative estimate of drug-likeness (QED) is 0.473. The van der Waals surface area contributed by atoms with Crippen molar-refractivity contribution in [3.05, 3.63) is 16.2 Å². The van der Waals surface area contributed by atoms with E-state index in [-0.39, 0.29) is 5.69 Å². The Balaban J connectivity index is 3.36. The van der Waals surface area contributed by atoms with Gasteiger partial charge in [0.2, 0.25) is 0 Å². The van der Waals surface area contributed by atoms with Crippen molar-refractivity contribution in [2.75, 3.05) is 12.0 Å². The fourth-order valence-corrected chi connectivity index (χ4v) is 1.27. The Kier molecular flexibility index (Phi) is 2.19. The number of aromatic amines is 1. The Labute approximate surface area is 68.2 Å². The van der Waals surface area contributed by atoms with Gasteiger partial charge in [0.1, 0.15) is 5.03 Å². The van der Waals surface area contributed by atoms with Gasteiger partial charge in [-0.15, -0.1) is 11.8 Å². The Morgan fingerprint density at radius 1 is 1.64 bits per heavy atom. The standard InChI is InChI=1S/C6H9N3OS/c1-3-4(7)5(11-2)9-6(10)8-3/h7H2,1-2H3,(H,8,9,10). The molecule has 4 nitrogen and oxygen atoms in total. The SMILES string of the molecule is CSc1nc(=O)[nH]c(C)c1N. The van der Waals surface area contributed by atoms with Gasteiger partial charge in [-0.05, 0) is 13.2 Å². The molecular formula is C6H9N3OS. The molecule has 0 saturated heterocycles. The number of nitrogen functional groups attached to an aromatic ring is 1. The van der Waals surface area contributed by atoms with E-state index in [0.717, 1.165) is 0 Å². The lowest BCUT2D eigenvalue weighted by atomic mass is 10.4. The molecular weight excluding hydrogens is 162 g/mol. The fourth-order valence-electron chi connectivity index (χ4n) is 0.724. The van der Waals surface area contributed by atoms with Gasteiger partial charge in [0.25, 0.3) is 0 Å². The van der Waals surface area contributed by atoms with E-state index in [2.05, 4.69) is 9.97 Å². The monoisotopic (exact) mass is 171 g/mol. The van der Waals surface area contributed by atoms with Gasteiger partial charge in [0.05, 0.1) is 5.69 Å². The van der Waals surface area contributed by atoms with Crippen LogP contribution in [-0.2, 0) is 0 Å². The van der Waals surface area contributed by atoms with Crippen LogP contribution in [0.1, 0.15) is 5.69 Å². The highest BCUT2D eigenvalue weighted by molar-refractivity contribution is 7.98. The molecule has 5 heteroatoms. The van der Waals surface area contributed by atoms with Crippen LogP contribution in [0.2, 0.25) is 0 Å². The molecule has 0 aliphatic carbocycles. The summed E-state index contributed by atoms with van der Waals surface area (Å²) in [4.78, 5) is 17.0. The lowest BCUT2D eigenvalue weighted by Gasteiger charge is -2.01. The molecule has 0 amide bonds. The first-order chi connectivity index (χ1) is 5.15. The molecule has 1 rings (SSSR count). The van der Waals surface area contributed by atoms with E-state index in [1.54, 1.807) is 6.92 Å². The molecule has 0 saturated carbocycles. The number of aryl methyl sites for hydroxylation is 1. The van der Waals surface area contributed by atoms with E-state index in [1.165, 1.54) is 11.8 Å².